The predicted octanol–water partition coefficient (Wildman–Crippen LogP) is 2.18. The topological polar surface area (TPSA) is 105 Å². The van der Waals surface area contributed by atoms with Crippen molar-refractivity contribution in [1.29, 1.82) is 0 Å². The molecule has 1 aromatic carbocycles. The molecule has 124 valence electrons. The molecule has 3 aromatic heterocycles. The molecule has 0 amide bonds. The van der Waals surface area contributed by atoms with E-state index in [4.69, 9.17) is 4.74 Å². The van der Waals surface area contributed by atoms with Gasteiger partial charge in [-0.1, -0.05) is 18.2 Å². The molecule has 0 bridgehead atoms. The number of esters is 1. The molecule has 0 aliphatic carbocycles. The number of hydrogen-bond acceptors (Lipinski definition) is 6. The summed E-state index contributed by atoms with van der Waals surface area (Å²) >= 11 is 1.29. The van der Waals surface area contributed by atoms with E-state index in [9.17, 15) is 14.4 Å². The van der Waals surface area contributed by atoms with Crippen LogP contribution >= 0.6 is 11.3 Å². The molecule has 3 heterocycles. The van der Waals surface area contributed by atoms with Crippen molar-refractivity contribution < 1.29 is 9.53 Å². The highest BCUT2D eigenvalue weighted by molar-refractivity contribution is 7.17. The lowest BCUT2D eigenvalue weighted by atomic mass is 10.1. The van der Waals surface area contributed by atoms with Crippen LogP contribution in [0.15, 0.2) is 51.4 Å². The quantitative estimate of drug-likeness (QED) is 0.549. The number of carbonyl (C=O) groups excluding carboxylic acids is 1. The maximum atomic E-state index is 12.4. The molecule has 4 rings (SSSR count). The van der Waals surface area contributed by atoms with E-state index in [0.29, 0.717) is 21.1 Å². The van der Waals surface area contributed by atoms with Crippen molar-refractivity contribution in [3.63, 3.8) is 0 Å². The van der Waals surface area contributed by atoms with Crippen molar-refractivity contribution in [3.05, 3.63) is 73.9 Å². The van der Waals surface area contributed by atoms with E-state index >= 15 is 0 Å². The normalized spacial score (nSPS) is 11.0. The second-order valence-corrected chi connectivity index (χ2v) is 6.23. The lowest BCUT2D eigenvalue weighted by molar-refractivity contribution is 0.0464. The third-order valence-corrected chi connectivity index (χ3v) is 4.58. The Morgan fingerprint density at radius 3 is 2.88 bits per heavy atom. The Hall–Kier alpha value is -3.26. The maximum absolute atomic E-state index is 12.4. The third-order valence-electron chi connectivity index (χ3n) is 3.67. The lowest BCUT2D eigenvalue weighted by Gasteiger charge is -2.07. The number of para-hydroxylation sites is 1. The molecular weight excluding hydrogens is 342 g/mol. The number of rotatable bonds is 3. The minimum atomic E-state index is -0.657. The number of ether oxygens (including phenoxy) is 1. The summed E-state index contributed by atoms with van der Waals surface area (Å²) in [5, 5.41) is 2.35. The standard InChI is InChI=1S/C17H11N3O4S/c21-14-7-10(9-3-1-2-4-11(9)19-14)17(23)24-8-13-18-12-5-6-25-15(12)16(22)20-13/h1-7H,8H2,(H,19,21)(H,18,20,22). The number of aromatic amines is 2. The second-order valence-electron chi connectivity index (χ2n) is 5.32. The van der Waals surface area contributed by atoms with Crippen LogP contribution in [0.4, 0.5) is 0 Å². The van der Waals surface area contributed by atoms with Crippen LogP contribution in [0.1, 0.15) is 16.2 Å². The first kappa shape index (κ1) is 15.3. The first-order valence-electron chi connectivity index (χ1n) is 7.37. The van der Waals surface area contributed by atoms with Gasteiger partial charge in [-0.25, -0.2) is 9.78 Å². The van der Waals surface area contributed by atoms with Crippen LogP contribution in [0.3, 0.4) is 0 Å². The number of aromatic nitrogens is 3. The molecule has 2 N–H and O–H groups in total. The minimum Gasteiger partial charge on any atom is -0.454 e. The van der Waals surface area contributed by atoms with Crippen molar-refractivity contribution in [1.82, 2.24) is 15.0 Å². The average molecular weight is 353 g/mol. The van der Waals surface area contributed by atoms with Gasteiger partial charge in [-0.05, 0) is 17.5 Å². The van der Waals surface area contributed by atoms with Gasteiger partial charge < -0.3 is 14.7 Å². The third kappa shape index (κ3) is 2.83. The molecule has 4 aromatic rings. The summed E-state index contributed by atoms with van der Waals surface area (Å²) in [6.07, 6.45) is 0. The highest BCUT2D eigenvalue weighted by Crippen LogP contribution is 2.17. The molecule has 0 atom stereocenters. The Morgan fingerprint density at radius 2 is 2.00 bits per heavy atom. The van der Waals surface area contributed by atoms with Gasteiger partial charge in [0.25, 0.3) is 5.56 Å². The molecule has 0 aliphatic rings. The van der Waals surface area contributed by atoms with Gasteiger partial charge in [0.2, 0.25) is 5.56 Å². The Bertz CT molecular complexity index is 1220. The van der Waals surface area contributed by atoms with Crippen molar-refractivity contribution in [2.45, 2.75) is 6.61 Å². The van der Waals surface area contributed by atoms with Crippen LogP contribution in [0.5, 0.6) is 0 Å². The number of hydrogen-bond donors (Lipinski definition) is 2. The molecular formula is C17H11N3O4S. The number of nitrogens with zero attached hydrogens (tertiary/aromatic N) is 1. The van der Waals surface area contributed by atoms with Crippen molar-refractivity contribution in [2.24, 2.45) is 0 Å². The predicted molar refractivity (Wildman–Crippen MR) is 93.9 cm³/mol. The van der Waals surface area contributed by atoms with Crippen molar-refractivity contribution in [2.75, 3.05) is 0 Å². The average Bonchev–Trinajstić information content (AvgIpc) is 3.08. The molecule has 0 spiro atoms. The van der Waals surface area contributed by atoms with E-state index in [-0.39, 0.29) is 23.6 Å². The zero-order valence-electron chi connectivity index (χ0n) is 12.7. The number of benzene rings is 1. The van der Waals surface area contributed by atoms with Gasteiger partial charge in [0, 0.05) is 17.0 Å². The Balaban J connectivity index is 1.64. The van der Waals surface area contributed by atoms with Gasteiger partial charge in [0.15, 0.2) is 0 Å². The highest BCUT2D eigenvalue weighted by Gasteiger charge is 2.14. The first-order chi connectivity index (χ1) is 12.1. The second kappa shape index (κ2) is 5.99. The number of H-pyrrole nitrogens is 2. The fraction of sp³-hybridized carbons (Fsp3) is 0.0588. The summed E-state index contributed by atoms with van der Waals surface area (Å²) in [6.45, 7) is -0.193. The molecule has 0 radical (unpaired) electrons. The molecule has 8 heteroatoms. The van der Waals surface area contributed by atoms with Crippen molar-refractivity contribution >= 4 is 38.4 Å². The van der Waals surface area contributed by atoms with E-state index in [1.54, 1.807) is 35.7 Å². The SMILES string of the molecule is O=C(OCc1nc2ccsc2c(=O)[nH]1)c1cc(=O)[nH]c2ccccc12. The van der Waals surface area contributed by atoms with Crippen LogP contribution in [-0.2, 0) is 11.3 Å². The van der Waals surface area contributed by atoms with E-state index in [2.05, 4.69) is 15.0 Å². The summed E-state index contributed by atoms with van der Waals surface area (Å²) in [5.41, 5.74) is 0.609. The molecule has 0 fully saturated rings. The van der Waals surface area contributed by atoms with Gasteiger partial charge in [-0.3, -0.25) is 9.59 Å². The Kier molecular flexibility index (Phi) is 3.66. The zero-order valence-corrected chi connectivity index (χ0v) is 13.6. The molecule has 0 saturated carbocycles. The van der Waals surface area contributed by atoms with Crippen LogP contribution in [-0.4, -0.2) is 20.9 Å². The molecule has 0 aliphatic heterocycles. The van der Waals surface area contributed by atoms with E-state index in [1.807, 2.05) is 0 Å². The van der Waals surface area contributed by atoms with Gasteiger partial charge in [-0.2, -0.15) is 0 Å². The summed E-state index contributed by atoms with van der Waals surface area (Å²) in [6, 6.07) is 9.88. The van der Waals surface area contributed by atoms with Gasteiger partial charge in [-0.15, -0.1) is 11.3 Å². The van der Waals surface area contributed by atoms with E-state index in [1.165, 1.54) is 17.4 Å². The number of carbonyl (C=O) groups is 1. The molecule has 0 unspecified atom stereocenters. The Labute approximate surface area is 143 Å². The fourth-order valence-electron chi connectivity index (χ4n) is 2.58. The molecule has 7 nitrogen and oxygen atoms in total. The van der Waals surface area contributed by atoms with E-state index < -0.39 is 11.5 Å². The van der Waals surface area contributed by atoms with Crippen molar-refractivity contribution in [3.8, 4) is 0 Å². The zero-order chi connectivity index (χ0) is 17.4. The summed E-state index contributed by atoms with van der Waals surface area (Å²) in [7, 11) is 0. The number of nitrogens with one attached hydrogen (secondary N) is 2. The number of pyridine rings is 1. The number of thiophene rings is 1. The molecule has 25 heavy (non-hydrogen) atoms. The lowest BCUT2D eigenvalue weighted by Crippen LogP contribution is -2.15. The van der Waals surface area contributed by atoms with E-state index in [0.717, 1.165) is 0 Å². The van der Waals surface area contributed by atoms with Gasteiger partial charge in [0.05, 0.1) is 11.1 Å². The Morgan fingerprint density at radius 1 is 1.16 bits per heavy atom. The van der Waals surface area contributed by atoms with Crippen LogP contribution in [0.25, 0.3) is 21.1 Å². The molecule has 0 saturated heterocycles. The van der Waals surface area contributed by atoms with Crippen LogP contribution in [0.2, 0.25) is 0 Å². The first-order valence-corrected chi connectivity index (χ1v) is 8.25. The summed E-state index contributed by atoms with van der Waals surface area (Å²) in [5.74, 6) is -0.409. The monoisotopic (exact) mass is 353 g/mol. The highest BCUT2D eigenvalue weighted by atomic mass is 32.1. The maximum Gasteiger partial charge on any atom is 0.339 e. The summed E-state index contributed by atoms with van der Waals surface area (Å²) < 4.78 is 5.76. The smallest absolute Gasteiger partial charge is 0.339 e. The van der Waals surface area contributed by atoms with Gasteiger partial charge in [0.1, 0.15) is 17.1 Å². The van der Waals surface area contributed by atoms with Crippen LogP contribution < -0.4 is 11.1 Å². The summed E-state index contributed by atoms with van der Waals surface area (Å²) in [4.78, 5) is 45.5. The largest absolute Gasteiger partial charge is 0.454 e. The fourth-order valence-corrected chi connectivity index (χ4v) is 3.30. The minimum absolute atomic E-state index is 0.165. The number of fused-ring (bicyclic) bond motifs is 2. The van der Waals surface area contributed by atoms with Crippen LogP contribution in [0, 0.1) is 0 Å². The van der Waals surface area contributed by atoms with Gasteiger partial charge >= 0.3 is 5.97 Å².